The number of anilines is 1. The molecular formula is C19H24N6O. The van der Waals surface area contributed by atoms with Crippen LogP contribution in [0.25, 0.3) is 5.69 Å². The number of benzene rings is 1. The molecule has 2 aromatic heterocycles. The van der Waals surface area contributed by atoms with Crippen LogP contribution < -0.4 is 10.6 Å². The fourth-order valence-electron chi connectivity index (χ4n) is 2.76. The number of imidazole rings is 2. The number of amides is 2. The van der Waals surface area contributed by atoms with E-state index in [-0.39, 0.29) is 6.03 Å². The van der Waals surface area contributed by atoms with E-state index in [4.69, 9.17) is 0 Å². The normalized spacial score (nSPS) is 10.9. The highest BCUT2D eigenvalue weighted by atomic mass is 16.2. The van der Waals surface area contributed by atoms with Crippen LogP contribution >= 0.6 is 0 Å². The van der Waals surface area contributed by atoms with E-state index in [1.807, 2.05) is 42.0 Å². The number of rotatable bonds is 6. The number of hydrogen-bond donors (Lipinski definition) is 2. The second-order valence-corrected chi connectivity index (χ2v) is 6.63. The maximum atomic E-state index is 12.1. The predicted molar refractivity (Wildman–Crippen MR) is 101 cm³/mol. The minimum atomic E-state index is -0.242. The molecule has 0 fully saturated rings. The third kappa shape index (κ3) is 4.30. The van der Waals surface area contributed by atoms with Crippen LogP contribution in [0.3, 0.4) is 0 Å². The maximum Gasteiger partial charge on any atom is 0.319 e. The monoisotopic (exact) mass is 352 g/mol. The van der Waals surface area contributed by atoms with Gasteiger partial charge in [-0.05, 0) is 37.1 Å². The van der Waals surface area contributed by atoms with Crippen LogP contribution in [-0.2, 0) is 13.1 Å². The average Bonchev–Trinajstić information content (AvgIpc) is 3.22. The average molecular weight is 352 g/mol. The van der Waals surface area contributed by atoms with E-state index in [0.29, 0.717) is 12.5 Å². The molecule has 0 saturated heterocycles. The van der Waals surface area contributed by atoms with Crippen LogP contribution in [0.15, 0.2) is 49.2 Å². The highest BCUT2D eigenvalue weighted by molar-refractivity contribution is 5.89. The summed E-state index contributed by atoms with van der Waals surface area (Å²) in [5.41, 5.74) is 2.73. The minimum absolute atomic E-state index is 0.242. The summed E-state index contributed by atoms with van der Waals surface area (Å²) in [6, 6.07) is 7.40. The van der Waals surface area contributed by atoms with Gasteiger partial charge in [-0.1, -0.05) is 13.8 Å². The van der Waals surface area contributed by atoms with Gasteiger partial charge in [-0.15, -0.1) is 0 Å². The van der Waals surface area contributed by atoms with Gasteiger partial charge in [-0.3, -0.25) is 0 Å². The summed E-state index contributed by atoms with van der Waals surface area (Å²) in [6.45, 7) is 7.57. The van der Waals surface area contributed by atoms with Crippen LogP contribution in [-0.4, -0.2) is 25.1 Å². The Morgan fingerprint density at radius 1 is 1.23 bits per heavy atom. The zero-order valence-electron chi connectivity index (χ0n) is 15.3. The van der Waals surface area contributed by atoms with Crippen LogP contribution in [0, 0.1) is 12.8 Å². The maximum absolute atomic E-state index is 12.1. The number of nitrogens with one attached hydrogen (secondary N) is 2. The van der Waals surface area contributed by atoms with Gasteiger partial charge in [0.2, 0.25) is 0 Å². The van der Waals surface area contributed by atoms with Crippen molar-refractivity contribution in [2.45, 2.75) is 33.9 Å². The molecule has 0 bridgehead atoms. The van der Waals surface area contributed by atoms with Crippen LogP contribution in [0.4, 0.5) is 10.5 Å². The molecule has 0 radical (unpaired) electrons. The molecule has 0 unspecified atom stereocenters. The van der Waals surface area contributed by atoms with Crippen molar-refractivity contribution < 1.29 is 4.79 Å². The molecule has 0 spiro atoms. The van der Waals surface area contributed by atoms with Gasteiger partial charge in [-0.2, -0.15) is 0 Å². The van der Waals surface area contributed by atoms with Crippen molar-refractivity contribution in [2.75, 3.05) is 5.32 Å². The second kappa shape index (κ2) is 7.86. The molecule has 3 aromatic rings. The molecular weight excluding hydrogens is 328 g/mol. The van der Waals surface area contributed by atoms with Gasteiger partial charge in [0.25, 0.3) is 0 Å². The van der Waals surface area contributed by atoms with E-state index >= 15 is 0 Å². The molecule has 2 amide bonds. The molecule has 7 nitrogen and oxygen atoms in total. The first-order chi connectivity index (χ1) is 12.5. The van der Waals surface area contributed by atoms with E-state index in [9.17, 15) is 4.79 Å². The standard InChI is InChI=1S/C19H24N6O/c1-14(2)12-24-13-20-10-18(24)11-22-19(26)23-16-4-6-17(7-5-16)25-9-8-21-15(25)3/h4-10,13-14H,11-12H2,1-3H3,(H2,22,23,26). The summed E-state index contributed by atoms with van der Waals surface area (Å²) < 4.78 is 4.05. The van der Waals surface area contributed by atoms with Crippen molar-refractivity contribution in [3.05, 3.63) is 60.7 Å². The third-order valence-electron chi connectivity index (χ3n) is 4.02. The zero-order chi connectivity index (χ0) is 18.5. The van der Waals surface area contributed by atoms with Crippen molar-refractivity contribution in [3.8, 4) is 5.69 Å². The first-order valence-electron chi connectivity index (χ1n) is 8.67. The Morgan fingerprint density at radius 2 is 2.00 bits per heavy atom. The van der Waals surface area contributed by atoms with Gasteiger partial charge in [0, 0.05) is 36.5 Å². The molecule has 1 aromatic carbocycles. The van der Waals surface area contributed by atoms with Gasteiger partial charge in [0.1, 0.15) is 5.82 Å². The molecule has 0 aliphatic rings. The van der Waals surface area contributed by atoms with Crippen LogP contribution in [0.1, 0.15) is 25.4 Å². The fourth-order valence-corrected chi connectivity index (χ4v) is 2.76. The lowest BCUT2D eigenvalue weighted by Crippen LogP contribution is -2.29. The van der Waals surface area contributed by atoms with Crippen molar-refractivity contribution >= 4 is 11.7 Å². The Morgan fingerprint density at radius 3 is 2.65 bits per heavy atom. The topological polar surface area (TPSA) is 76.8 Å². The number of carbonyl (C=O) groups excluding carboxylic acids is 1. The zero-order valence-corrected chi connectivity index (χ0v) is 15.3. The number of hydrogen-bond acceptors (Lipinski definition) is 3. The van der Waals surface area contributed by atoms with Crippen molar-refractivity contribution in [2.24, 2.45) is 5.92 Å². The van der Waals surface area contributed by atoms with Crippen molar-refractivity contribution in [1.82, 2.24) is 24.4 Å². The number of nitrogens with zero attached hydrogens (tertiary/aromatic N) is 4. The quantitative estimate of drug-likeness (QED) is 0.714. The highest BCUT2D eigenvalue weighted by Gasteiger charge is 2.07. The number of carbonyl (C=O) groups is 1. The van der Waals surface area contributed by atoms with Crippen molar-refractivity contribution in [1.29, 1.82) is 0 Å². The molecule has 2 heterocycles. The Hall–Kier alpha value is -3.09. The minimum Gasteiger partial charge on any atom is -0.333 e. The van der Waals surface area contributed by atoms with Gasteiger partial charge in [0.05, 0.1) is 18.6 Å². The molecule has 136 valence electrons. The Kier molecular flexibility index (Phi) is 5.36. The van der Waals surface area contributed by atoms with Gasteiger partial charge < -0.3 is 19.8 Å². The lowest BCUT2D eigenvalue weighted by Gasteiger charge is -2.12. The van der Waals surface area contributed by atoms with Crippen LogP contribution in [0.2, 0.25) is 0 Å². The smallest absolute Gasteiger partial charge is 0.319 e. The fraction of sp³-hybridized carbons (Fsp3) is 0.316. The van der Waals surface area contributed by atoms with Crippen LogP contribution in [0.5, 0.6) is 0 Å². The number of urea groups is 1. The summed E-state index contributed by atoms with van der Waals surface area (Å²) in [7, 11) is 0. The molecule has 0 aliphatic carbocycles. The Balaban J connectivity index is 1.55. The van der Waals surface area contributed by atoms with E-state index in [1.54, 1.807) is 18.7 Å². The molecule has 0 aliphatic heterocycles. The molecule has 0 atom stereocenters. The molecule has 2 N–H and O–H groups in total. The number of aryl methyl sites for hydroxylation is 1. The highest BCUT2D eigenvalue weighted by Crippen LogP contribution is 2.14. The lowest BCUT2D eigenvalue weighted by molar-refractivity contribution is 0.251. The van der Waals surface area contributed by atoms with Crippen molar-refractivity contribution in [3.63, 3.8) is 0 Å². The molecule has 0 saturated carbocycles. The first-order valence-corrected chi connectivity index (χ1v) is 8.67. The van der Waals surface area contributed by atoms with E-state index < -0.39 is 0 Å². The molecule has 7 heteroatoms. The summed E-state index contributed by atoms with van der Waals surface area (Å²) in [5, 5.41) is 5.72. The summed E-state index contributed by atoms with van der Waals surface area (Å²) in [6.07, 6.45) is 7.25. The summed E-state index contributed by atoms with van der Waals surface area (Å²) in [4.78, 5) is 20.5. The summed E-state index contributed by atoms with van der Waals surface area (Å²) >= 11 is 0. The van der Waals surface area contributed by atoms with E-state index in [2.05, 4.69) is 39.0 Å². The van der Waals surface area contributed by atoms with E-state index in [1.165, 1.54) is 0 Å². The largest absolute Gasteiger partial charge is 0.333 e. The van der Waals surface area contributed by atoms with Gasteiger partial charge in [0.15, 0.2) is 0 Å². The SMILES string of the molecule is Cc1nccn1-c1ccc(NC(=O)NCc2cncn2CC(C)C)cc1. The molecule has 3 rings (SSSR count). The van der Waals surface area contributed by atoms with Gasteiger partial charge in [-0.25, -0.2) is 14.8 Å². The third-order valence-corrected chi connectivity index (χ3v) is 4.02. The predicted octanol–water partition coefficient (Wildman–Crippen LogP) is 3.35. The Bertz CT molecular complexity index is 862. The summed E-state index contributed by atoms with van der Waals surface area (Å²) in [5.74, 6) is 1.44. The second-order valence-electron chi connectivity index (χ2n) is 6.63. The first kappa shape index (κ1) is 17.7. The van der Waals surface area contributed by atoms with Gasteiger partial charge >= 0.3 is 6.03 Å². The lowest BCUT2D eigenvalue weighted by atomic mass is 10.2. The number of aromatic nitrogens is 4. The molecule has 26 heavy (non-hydrogen) atoms. The van der Waals surface area contributed by atoms with E-state index in [0.717, 1.165) is 29.4 Å². The Labute approximate surface area is 153 Å².